The van der Waals surface area contributed by atoms with Crippen LogP contribution in [-0.4, -0.2) is 146 Å². The van der Waals surface area contributed by atoms with Gasteiger partial charge in [0.25, 0.3) is 0 Å². The average Bonchev–Trinajstić information content (AvgIpc) is 3.64. The van der Waals surface area contributed by atoms with Crippen LogP contribution in [0.25, 0.3) is 10.9 Å². The Hall–Kier alpha value is -6.07. The number of carbonyl (C=O) groups excluding carboxylic acids is 7. The van der Waals surface area contributed by atoms with Crippen molar-refractivity contribution in [2.75, 3.05) is 18.6 Å². The molecule has 0 aliphatic heterocycles. The van der Waals surface area contributed by atoms with Crippen molar-refractivity contribution in [3.63, 3.8) is 0 Å². The van der Waals surface area contributed by atoms with Crippen molar-refractivity contribution in [3.8, 4) is 0 Å². The smallest absolute Gasteiger partial charge is 0.328 e. The third kappa shape index (κ3) is 15.1. The first kappa shape index (κ1) is 50.3. The summed E-state index contributed by atoms with van der Waals surface area (Å²) in [7, 11) is 0. The summed E-state index contributed by atoms with van der Waals surface area (Å²) in [5, 5.41) is 54.3. The molecule has 0 saturated carbocycles. The van der Waals surface area contributed by atoms with Gasteiger partial charge < -0.3 is 68.8 Å². The molecule has 0 fully saturated rings. The molecule has 7 amide bonds. The Bertz CT molecular complexity index is 2030. The number of amides is 7. The van der Waals surface area contributed by atoms with Gasteiger partial charge in [-0.1, -0.05) is 48.5 Å². The van der Waals surface area contributed by atoms with E-state index in [2.05, 4.69) is 36.9 Å². The van der Waals surface area contributed by atoms with Crippen molar-refractivity contribution in [1.29, 1.82) is 0 Å². The molecule has 15 N–H and O–H groups in total. The van der Waals surface area contributed by atoms with Crippen molar-refractivity contribution in [3.05, 3.63) is 71.9 Å². The maximum Gasteiger partial charge on any atom is 0.328 e. The molecule has 338 valence electrons. The molecular weight excluding hydrogens is 831 g/mol. The summed E-state index contributed by atoms with van der Waals surface area (Å²) in [5.41, 5.74) is 12.8. The number of aromatic amines is 1. The number of thioether (sulfide) groups is 1. The van der Waals surface area contributed by atoms with E-state index in [1.54, 1.807) is 67.0 Å². The van der Waals surface area contributed by atoms with Gasteiger partial charge in [0.15, 0.2) is 6.04 Å². The highest BCUT2D eigenvalue weighted by molar-refractivity contribution is 7.98. The summed E-state index contributed by atoms with van der Waals surface area (Å²) in [6.07, 6.45) is -0.760. The number of rotatable bonds is 25. The number of carboxylic acids is 1. The van der Waals surface area contributed by atoms with Crippen LogP contribution in [0.15, 0.2) is 60.8 Å². The lowest BCUT2D eigenvalue weighted by Gasteiger charge is -2.28. The van der Waals surface area contributed by atoms with Crippen molar-refractivity contribution < 1.29 is 58.8 Å². The fourth-order valence-electron chi connectivity index (χ4n) is 6.17. The van der Waals surface area contributed by atoms with Crippen molar-refractivity contribution >= 4 is 70.0 Å². The molecule has 21 nitrogen and oxygen atoms in total. The molecule has 0 aliphatic rings. The minimum atomic E-state index is -1.76. The zero-order valence-corrected chi connectivity index (χ0v) is 35.1. The number of benzene rings is 2. The number of primary amides is 1. The van der Waals surface area contributed by atoms with Crippen LogP contribution in [0.3, 0.4) is 0 Å². The SMILES string of the molecule is CSCC[C@H](NC(=O)[C@H](Cc1c[nH]c2ccccc12)NC(=O)[C@H](CC(N)=O)NC(=O)[C@@H](NC(=O)[C@@H](N)CO)[C@@H](C)O)C(=O)N[C@@H](Cc1ccccc1)C(=O)N[C@H](C(=O)O)[C@@H](C)O. The summed E-state index contributed by atoms with van der Waals surface area (Å²) < 4.78 is 0. The number of nitrogens with one attached hydrogen (secondary N) is 7. The highest BCUT2D eigenvalue weighted by atomic mass is 32.2. The number of H-pyrrole nitrogens is 1. The van der Waals surface area contributed by atoms with Crippen LogP contribution in [0, 0.1) is 0 Å². The molecule has 2 aromatic carbocycles. The summed E-state index contributed by atoms with van der Waals surface area (Å²) in [6, 6.07) is 4.72. The van der Waals surface area contributed by atoms with Crippen LogP contribution in [0.2, 0.25) is 0 Å². The lowest BCUT2D eigenvalue weighted by Crippen LogP contribution is -2.62. The van der Waals surface area contributed by atoms with Gasteiger partial charge in [-0.05, 0) is 49.5 Å². The Balaban J connectivity index is 1.97. The third-order valence-electron chi connectivity index (χ3n) is 9.57. The van der Waals surface area contributed by atoms with Crippen LogP contribution >= 0.6 is 11.8 Å². The minimum Gasteiger partial charge on any atom is -0.480 e. The van der Waals surface area contributed by atoms with Gasteiger partial charge in [0.1, 0.15) is 36.3 Å². The molecule has 1 heterocycles. The first-order valence-electron chi connectivity index (χ1n) is 19.5. The van der Waals surface area contributed by atoms with Crippen LogP contribution in [0.1, 0.15) is 37.8 Å². The number of hydrogen-bond acceptors (Lipinski definition) is 13. The van der Waals surface area contributed by atoms with Crippen molar-refractivity contribution in [2.24, 2.45) is 11.5 Å². The molecule has 0 radical (unpaired) electrons. The Morgan fingerprint density at radius 1 is 0.677 bits per heavy atom. The van der Waals surface area contributed by atoms with Gasteiger partial charge in [0.05, 0.1) is 25.2 Å². The molecule has 0 spiro atoms. The fourth-order valence-corrected chi connectivity index (χ4v) is 6.64. The summed E-state index contributed by atoms with van der Waals surface area (Å²) in [6.45, 7) is 1.55. The molecular formula is C40H55N9O12S. The third-order valence-corrected chi connectivity index (χ3v) is 10.2. The van der Waals surface area contributed by atoms with Gasteiger partial charge in [-0.25, -0.2) is 4.79 Å². The monoisotopic (exact) mass is 885 g/mol. The molecule has 3 aromatic rings. The number of carbonyl (C=O) groups is 8. The average molecular weight is 886 g/mol. The quantitative estimate of drug-likeness (QED) is 0.0396. The molecule has 0 saturated heterocycles. The second kappa shape index (κ2) is 24.4. The van der Waals surface area contributed by atoms with E-state index in [1.165, 1.54) is 18.7 Å². The van der Waals surface area contributed by atoms with E-state index in [9.17, 15) is 58.8 Å². The van der Waals surface area contributed by atoms with E-state index >= 15 is 0 Å². The number of carboxylic acid groups (broad SMARTS) is 1. The lowest BCUT2D eigenvalue weighted by molar-refractivity contribution is -0.145. The van der Waals surface area contributed by atoms with Gasteiger partial charge in [0, 0.05) is 29.9 Å². The van der Waals surface area contributed by atoms with E-state index in [1.807, 2.05) is 0 Å². The van der Waals surface area contributed by atoms with Crippen LogP contribution in [0.4, 0.5) is 0 Å². The number of aromatic nitrogens is 1. The molecule has 62 heavy (non-hydrogen) atoms. The van der Waals surface area contributed by atoms with Crippen LogP contribution < -0.4 is 43.4 Å². The van der Waals surface area contributed by atoms with Crippen molar-refractivity contribution in [2.45, 2.75) is 94.0 Å². The topological polar surface area (TPSA) is 357 Å². The van der Waals surface area contributed by atoms with E-state index in [0.29, 0.717) is 27.8 Å². The number of aliphatic hydroxyl groups excluding tert-OH is 3. The molecule has 3 rings (SSSR count). The number of aliphatic hydroxyl groups is 3. The van der Waals surface area contributed by atoms with E-state index in [-0.39, 0.29) is 19.3 Å². The lowest BCUT2D eigenvalue weighted by atomic mass is 10.0. The molecule has 1 aromatic heterocycles. The van der Waals surface area contributed by atoms with E-state index in [0.717, 1.165) is 6.92 Å². The van der Waals surface area contributed by atoms with Crippen molar-refractivity contribution in [1.82, 2.24) is 36.9 Å². The highest BCUT2D eigenvalue weighted by Gasteiger charge is 2.36. The highest BCUT2D eigenvalue weighted by Crippen LogP contribution is 2.20. The predicted octanol–water partition coefficient (Wildman–Crippen LogP) is -3.34. The first-order valence-corrected chi connectivity index (χ1v) is 20.9. The molecule has 9 atom stereocenters. The van der Waals surface area contributed by atoms with E-state index < -0.39 is 115 Å². The molecule has 22 heteroatoms. The minimum absolute atomic E-state index is 0.0182. The maximum absolute atomic E-state index is 14.3. The second-order valence-corrected chi connectivity index (χ2v) is 15.5. The fraction of sp³-hybridized carbons (Fsp3) is 0.450. The zero-order valence-electron chi connectivity index (χ0n) is 34.3. The van der Waals surface area contributed by atoms with E-state index in [4.69, 9.17) is 11.5 Å². The van der Waals surface area contributed by atoms with Gasteiger partial charge in [-0.2, -0.15) is 11.8 Å². The van der Waals surface area contributed by atoms with Crippen LogP contribution in [0.5, 0.6) is 0 Å². The maximum atomic E-state index is 14.3. The number of hydrogen-bond donors (Lipinski definition) is 13. The normalized spacial score (nSPS) is 15.5. The van der Waals surface area contributed by atoms with Gasteiger partial charge in [0.2, 0.25) is 41.4 Å². The Morgan fingerprint density at radius 2 is 1.19 bits per heavy atom. The summed E-state index contributed by atoms with van der Waals surface area (Å²) >= 11 is 1.34. The largest absolute Gasteiger partial charge is 0.480 e. The summed E-state index contributed by atoms with van der Waals surface area (Å²) in [4.78, 5) is 109. The van der Waals surface area contributed by atoms with Crippen LogP contribution in [-0.2, 0) is 51.2 Å². The zero-order chi connectivity index (χ0) is 46.1. The number of aliphatic carboxylic acids is 1. The summed E-state index contributed by atoms with van der Waals surface area (Å²) in [5.74, 6) is -8.12. The molecule has 0 bridgehead atoms. The standard InChI is InChI=1S/C40H55N9O12S/c1-20(51)32(48-34(54)25(41)19-50)39(59)47-30(17-31(42)53)37(57)46-29(16-23-18-43-26-12-8-7-11-24(23)26)36(56)44-27(13-14-62-3)35(55)45-28(15-22-9-5-4-6-10-22)38(58)49-33(21(2)52)40(60)61/h4-12,18,20-21,25,27-30,32-33,43,50-52H,13-17,19,41H2,1-3H3,(H2,42,53)(H,44,56)(H,45,55)(H,46,57)(H,47,59)(H,48,54)(H,49,58)(H,60,61)/t20-,21-,25+,27+,28+,29+,30+,32+,33+/m1/s1. The number of fused-ring (bicyclic) bond motifs is 1. The van der Waals surface area contributed by atoms with Gasteiger partial charge >= 0.3 is 5.97 Å². The van der Waals surface area contributed by atoms with Gasteiger partial charge in [-0.3, -0.25) is 33.6 Å². The first-order chi connectivity index (χ1) is 29.4. The Kier molecular flexibility index (Phi) is 19.8. The Morgan fingerprint density at radius 3 is 1.77 bits per heavy atom. The second-order valence-electron chi connectivity index (χ2n) is 14.5. The van der Waals surface area contributed by atoms with Gasteiger partial charge in [-0.15, -0.1) is 0 Å². The predicted molar refractivity (Wildman–Crippen MR) is 227 cm³/mol. The molecule has 0 unspecified atom stereocenters. The number of nitrogens with two attached hydrogens (primary N) is 2. The Labute approximate surface area is 360 Å². The molecule has 0 aliphatic carbocycles. The number of para-hydroxylation sites is 1.